The summed E-state index contributed by atoms with van der Waals surface area (Å²) in [6, 6.07) is 0.528. The minimum atomic E-state index is 0.528. The number of ether oxygens (including phenoxy) is 1. The molecule has 0 unspecified atom stereocenters. The molecule has 2 heterocycles. The standard InChI is InChI=1S/C12H21N3O/c1-10-11(3-2-6-13)9-14-15(10)12-4-7-16-8-5-12/h9,12H,2-8,13H2,1H3. The van der Waals surface area contributed by atoms with Gasteiger partial charge in [0.05, 0.1) is 12.2 Å². The zero-order valence-corrected chi connectivity index (χ0v) is 9.98. The van der Waals surface area contributed by atoms with Gasteiger partial charge in [-0.2, -0.15) is 5.10 Å². The monoisotopic (exact) mass is 223 g/mol. The van der Waals surface area contributed by atoms with Crippen molar-refractivity contribution >= 4 is 0 Å². The molecule has 0 radical (unpaired) electrons. The normalized spacial score (nSPS) is 17.9. The lowest BCUT2D eigenvalue weighted by atomic mass is 10.1. The van der Waals surface area contributed by atoms with E-state index in [1.165, 1.54) is 11.3 Å². The van der Waals surface area contributed by atoms with Crippen molar-refractivity contribution in [2.24, 2.45) is 5.73 Å². The summed E-state index contributed by atoms with van der Waals surface area (Å²) in [5.74, 6) is 0. The van der Waals surface area contributed by atoms with Crippen LogP contribution in [0.1, 0.15) is 36.6 Å². The highest BCUT2D eigenvalue weighted by Gasteiger charge is 2.18. The van der Waals surface area contributed by atoms with Crippen LogP contribution in [0.3, 0.4) is 0 Å². The van der Waals surface area contributed by atoms with E-state index in [4.69, 9.17) is 10.5 Å². The lowest BCUT2D eigenvalue weighted by molar-refractivity contribution is 0.0656. The molecular formula is C12H21N3O. The molecule has 0 saturated carbocycles. The molecule has 1 aromatic rings. The van der Waals surface area contributed by atoms with E-state index >= 15 is 0 Å². The van der Waals surface area contributed by atoms with Crippen molar-refractivity contribution in [3.63, 3.8) is 0 Å². The van der Waals surface area contributed by atoms with Crippen LogP contribution >= 0.6 is 0 Å². The van der Waals surface area contributed by atoms with Gasteiger partial charge in [-0.3, -0.25) is 4.68 Å². The van der Waals surface area contributed by atoms with Gasteiger partial charge in [-0.25, -0.2) is 0 Å². The highest BCUT2D eigenvalue weighted by molar-refractivity contribution is 5.17. The van der Waals surface area contributed by atoms with Gasteiger partial charge in [0.1, 0.15) is 0 Å². The van der Waals surface area contributed by atoms with Crippen LogP contribution in [0.2, 0.25) is 0 Å². The zero-order chi connectivity index (χ0) is 11.4. The molecule has 4 nitrogen and oxygen atoms in total. The Balaban J connectivity index is 2.06. The van der Waals surface area contributed by atoms with Gasteiger partial charge in [0.2, 0.25) is 0 Å². The number of nitrogens with zero attached hydrogens (tertiary/aromatic N) is 2. The molecule has 0 amide bonds. The summed E-state index contributed by atoms with van der Waals surface area (Å²) in [4.78, 5) is 0. The van der Waals surface area contributed by atoms with Crippen molar-refractivity contribution in [1.29, 1.82) is 0 Å². The number of aromatic nitrogens is 2. The Hall–Kier alpha value is -0.870. The summed E-state index contributed by atoms with van der Waals surface area (Å²) in [6.07, 6.45) is 6.25. The maximum Gasteiger partial charge on any atom is 0.0566 e. The van der Waals surface area contributed by atoms with Crippen LogP contribution in [-0.2, 0) is 11.2 Å². The van der Waals surface area contributed by atoms with Crippen LogP contribution < -0.4 is 5.73 Å². The van der Waals surface area contributed by atoms with Gasteiger partial charge in [0.25, 0.3) is 0 Å². The van der Waals surface area contributed by atoms with E-state index in [2.05, 4.69) is 16.7 Å². The summed E-state index contributed by atoms with van der Waals surface area (Å²) < 4.78 is 7.55. The minimum absolute atomic E-state index is 0.528. The number of hydrogen-bond acceptors (Lipinski definition) is 3. The van der Waals surface area contributed by atoms with E-state index < -0.39 is 0 Å². The van der Waals surface area contributed by atoms with E-state index in [-0.39, 0.29) is 0 Å². The summed E-state index contributed by atoms with van der Waals surface area (Å²) >= 11 is 0. The fourth-order valence-electron chi connectivity index (χ4n) is 2.29. The first-order valence-electron chi connectivity index (χ1n) is 6.13. The van der Waals surface area contributed by atoms with Gasteiger partial charge < -0.3 is 10.5 Å². The molecule has 1 aromatic heterocycles. The number of nitrogens with two attached hydrogens (primary N) is 1. The molecule has 0 atom stereocenters. The molecule has 0 aromatic carbocycles. The lowest BCUT2D eigenvalue weighted by Gasteiger charge is -2.23. The Bertz CT molecular complexity index is 329. The molecule has 2 rings (SSSR count). The molecular weight excluding hydrogens is 202 g/mol. The Morgan fingerprint density at radius 2 is 2.25 bits per heavy atom. The molecule has 16 heavy (non-hydrogen) atoms. The van der Waals surface area contributed by atoms with Crippen molar-refractivity contribution in [2.75, 3.05) is 19.8 Å². The van der Waals surface area contributed by atoms with Crippen LogP contribution in [0.5, 0.6) is 0 Å². The number of rotatable bonds is 4. The molecule has 1 aliphatic rings. The Kier molecular flexibility index (Phi) is 3.96. The molecule has 1 aliphatic heterocycles. The third-order valence-corrected chi connectivity index (χ3v) is 3.33. The van der Waals surface area contributed by atoms with Crippen molar-refractivity contribution in [3.05, 3.63) is 17.5 Å². The number of hydrogen-bond donors (Lipinski definition) is 1. The van der Waals surface area contributed by atoms with Gasteiger partial charge >= 0.3 is 0 Å². The summed E-state index contributed by atoms with van der Waals surface area (Å²) in [5.41, 5.74) is 8.18. The zero-order valence-electron chi connectivity index (χ0n) is 9.98. The minimum Gasteiger partial charge on any atom is -0.381 e. The Labute approximate surface area is 96.8 Å². The second-order valence-corrected chi connectivity index (χ2v) is 4.44. The van der Waals surface area contributed by atoms with E-state index in [9.17, 15) is 0 Å². The third-order valence-electron chi connectivity index (χ3n) is 3.33. The van der Waals surface area contributed by atoms with E-state index in [1.807, 2.05) is 6.20 Å². The third kappa shape index (κ3) is 2.44. The molecule has 1 fully saturated rings. The van der Waals surface area contributed by atoms with Gasteiger partial charge in [-0.15, -0.1) is 0 Å². The molecule has 0 aliphatic carbocycles. The highest BCUT2D eigenvalue weighted by atomic mass is 16.5. The molecule has 0 spiro atoms. The fourth-order valence-corrected chi connectivity index (χ4v) is 2.29. The lowest BCUT2D eigenvalue weighted by Crippen LogP contribution is -2.21. The molecule has 2 N–H and O–H groups in total. The summed E-state index contributed by atoms with van der Waals surface area (Å²) in [6.45, 7) is 4.64. The molecule has 90 valence electrons. The maximum atomic E-state index is 5.53. The average molecular weight is 223 g/mol. The molecule has 0 bridgehead atoms. The summed E-state index contributed by atoms with van der Waals surface area (Å²) in [5, 5.41) is 4.51. The van der Waals surface area contributed by atoms with Crippen molar-refractivity contribution in [1.82, 2.24) is 9.78 Å². The Morgan fingerprint density at radius 1 is 1.50 bits per heavy atom. The smallest absolute Gasteiger partial charge is 0.0566 e. The topological polar surface area (TPSA) is 53.1 Å². The first-order chi connectivity index (χ1) is 7.83. The SMILES string of the molecule is Cc1c(CCCN)cnn1C1CCOCC1. The van der Waals surface area contributed by atoms with Crippen LogP contribution in [-0.4, -0.2) is 29.5 Å². The van der Waals surface area contributed by atoms with Crippen LogP contribution in [0.4, 0.5) is 0 Å². The van der Waals surface area contributed by atoms with Crippen molar-refractivity contribution in [2.45, 2.75) is 38.6 Å². The van der Waals surface area contributed by atoms with Crippen LogP contribution in [0.25, 0.3) is 0 Å². The molecule has 4 heteroatoms. The second kappa shape index (κ2) is 5.46. The van der Waals surface area contributed by atoms with E-state index in [0.717, 1.165) is 45.4 Å². The van der Waals surface area contributed by atoms with E-state index in [1.54, 1.807) is 0 Å². The van der Waals surface area contributed by atoms with Crippen molar-refractivity contribution < 1.29 is 4.74 Å². The van der Waals surface area contributed by atoms with Gasteiger partial charge in [-0.05, 0) is 44.7 Å². The largest absolute Gasteiger partial charge is 0.381 e. The van der Waals surface area contributed by atoms with Gasteiger partial charge in [-0.1, -0.05) is 0 Å². The number of aryl methyl sites for hydroxylation is 1. The van der Waals surface area contributed by atoms with Crippen LogP contribution in [0, 0.1) is 6.92 Å². The quantitative estimate of drug-likeness (QED) is 0.840. The van der Waals surface area contributed by atoms with E-state index in [0.29, 0.717) is 6.04 Å². The fraction of sp³-hybridized carbons (Fsp3) is 0.750. The van der Waals surface area contributed by atoms with Gasteiger partial charge in [0.15, 0.2) is 0 Å². The average Bonchev–Trinajstić information content (AvgIpc) is 2.69. The summed E-state index contributed by atoms with van der Waals surface area (Å²) in [7, 11) is 0. The van der Waals surface area contributed by atoms with Crippen molar-refractivity contribution in [3.8, 4) is 0 Å². The highest BCUT2D eigenvalue weighted by Crippen LogP contribution is 2.23. The predicted molar refractivity (Wildman–Crippen MR) is 63.4 cm³/mol. The predicted octanol–water partition coefficient (Wildman–Crippen LogP) is 1.43. The second-order valence-electron chi connectivity index (χ2n) is 4.44. The maximum absolute atomic E-state index is 5.53. The first kappa shape index (κ1) is 11.6. The molecule has 1 saturated heterocycles. The van der Waals surface area contributed by atoms with Crippen LogP contribution in [0.15, 0.2) is 6.20 Å². The first-order valence-corrected chi connectivity index (χ1v) is 6.13. The van der Waals surface area contributed by atoms with Gasteiger partial charge in [0, 0.05) is 18.9 Å². The Morgan fingerprint density at radius 3 is 2.94 bits per heavy atom.